The smallest absolute Gasteiger partial charge is 0.182 e. The molecule has 0 aromatic carbocycles. The summed E-state index contributed by atoms with van der Waals surface area (Å²) in [5.74, 6) is 2.49. The first-order valence-electron chi connectivity index (χ1n) is 4.07. The van der Waals surface area contributed by atoms with Gasteiger partial charge in [0, 0.05) is 25.2 Å². The summed E-state index contributed by atoms with van der Waals surface area (Å²) in [4.78, 5) is 19.1. The van der Waals surface area contributed by atoms with Crippen molar-refractivity contribution in [3.05, 3.63) is 24.3 Å². The summed E-state index contributed by atoms with van der Waals surface area (Å²) >= 11 is 0. The molecule has 13 heavy (non-hydrogen) atoms. The van der Waals surface area contributed by atoms with Crippen LogP contribution in [-0.4, -0.2) is 15.8 Å². The van der Waals surface area contributed by atoms with Crippen LogP contribution in [0.2, 0.25) is 0 Å². The second-order valence-electron chi connectivity index (χ2n) is 2.57. The van der Waals surface area contributed by atoms with E-state index in [2.05, 4.69) is 15.9 Å². The van der Waals surface area contributed by atoms with Crippen LogP contribution in [0.1, 0.15) is 29.8 Å². The summed E-state index contributed by atoms with van der Waals surface area (Å²) in [6.07, 6.45) is 11.4. The van der Waals surface area contributed by atoms with E-state index in [1.807, 2.05) is 0 Å². The summed E-state index contributed by atoms with van der Waals surface area (Å²) in [5.41, 5.74) is 0.416. The molecular weight excluding hydrogens is 164 g/mol. The number of carbonyl (C=O) groups excluding carboxylic acids is 1. The van der Waals surface area contributed by atoms with Gasteiger partial charge in [0.25, 0.3) is 0 Å². The number of Topliss-reactive ketones (excluding diaryl/α,β-unsaturated/α-hetero) is 1. The van der Waals surface area contributed by atoms with E-state index in [1.165, 1.54) is 18.6 Å². The zero-order valence-electron chi connectivity index (χ0n) is 7.23. The Balaban J connectivity index is 2.46. The normalized spacial score (nSPS) is 9.15. The molecule has 3 heteroatoms. The topological polar surface area (TPSA) is 42.9 Å². The van der Waals surface area contributed by atoms with E-state index in [1.54, 1.807) is 0 Å². The monoisotopic (exact) mass is 174 g/mol. The number of terminal acetylenes is 1. The van der Waals surface area contributed by atoms with Gasteiger partial charge in [-0.2, -0.15) is 0 Å². The first-order chi connectivity index (χ1) is 6.34. The minimum atomic E-state index is 0.00310. The third-order valence-corrected chi connectivity index (χ3v) is 1.57. The molecule has 0 N–H and O–H groups in total. The van der Waals surface area contributed by atoms with E-state index >= 15 is 0 Å². The molecule has 0 saturated carbocycles. The maximum Gasteiger partial charge on any atom is 0.182 e. The molecule has 0 atom stereocenters. The number of unbranched alkanes of at least 4 members (excludes halogenated alkanes) is 1. The largest absolute Gasteiger partial charge is 0.292 e. The Hall–Kier alpha value is -1.69. The molecular formula is C10H10N2O. The molecule has 0 fully saturated rings. The van der Waals surface area contributed by atoms with Gasteiger partial charge >= 0.3 is 0 Å². The second-order valence-corrected chi connectivity index (χ2v) is 2.57. The molecule has 0 unspecified atom stereocenters. The maximum atomic E-state index is 11.3. The van der Waals surface area contributed by atoms with Gasteiger partial charge in [-0.25, -0.2) is 4.98 Å². The van der Waals surface area contributed by atoms with E-state index in [-0.39, 0.29) is 5.78 Å². The SMILES string of the molecule is C#CCCCC(=O)c1cnccn1. The molecule has 0 aliphatic carbocycles. The molecule has 0 bridgehead atoms. The lowest BCUT2D eigenvalue weighted by Gasteiger charge is -1.96. The van der Waals surface area contributed by atoms with Gasteiger partial charge < -0.3 is 0 Å². The van der Waals surface area contributed by atoms with Crippen molar-refractivity contribution in [3.63, 3.8) is 0 Å². The Morgan fingerprint density at radius 3 is 3.00 bits per heavy atom. The molecule has 1 heterocycles. The Kier molecular flexibility index (Phi) is 3.65. The second kappa shape index (κ2) is 5.04. The van der Waals surface area contributed by atoms with Gasteiger partial charge in [0.15, 0.2) is 5.78 Å². The molecule has 66 valence electrons. The highest BCUT2D eigenvalue weighted by Gasteiger charge is 2.05. The highest BCUT2D eigenvalue weighted by atomic mass is 16.1. The number of aromatic nitrogens is 2. The van der Waals surface area contributed by atoms with Crippen LogP contribution in [0.25, 0.3) is 0 Å². The van der Waals surface area contributed by atoms with E-state index in [0.29, 0.717) is 25.0 Å². The van der Waals surface area contributed by atoms with E-state index < -0.39 is 0 Å². The van der Waals surface area contributed by atoms with Crippen LogP contribution in [0.3, 0.4) is 0 Å². The van der Waals surface area contributed by atoms with Gasteiger partial charge in [0.05, 0.1) is 6.20 Å². The Morgan fingerprint density at radius 2 is 2.38 bits per heavy atom. The molecule has 0 radical (unpaired) electrons. The fourth-order valence-electron chi connectivity index (χ4n) is 0.922. The van der Waals surface area contributed by atoms with Crippen LogP contribution in [0, 0.1) is 12.3 Å². The van der Waals surface area contributed by atoms with Crippen LogP contribution in [-0.2, 0) is 0 Å². The van der Waals surface area contributed by atoms with Crippen LogP contribution >= 0.6 is 0 Å². The minimum absolute atomic E-state index is 0.00310. The minimum Gasteiger partial charge on any atom is -0.292 e. The number of nitrogens with zero attached hydrogens (tertiary/aromatic N) is 2. The van der Waals surface area contributed by atoms with Crippen molar-refractivity contribution < 1.29 is 4.79 Å². The molecule has 0 aliphatic rings. The quantitative estimate of drug-likeness (QED) is 0.394. The Bertz CT molecular complexity index is 313. The average molecular weight is 174 g/mol. The predicted molar refractivity (Wildman–Crippen MR) is 49.0 cm³/mol. The van der Waals surface area contributed by atoms with Crippen molar-refractivity contribution in [2.45, 2.75) is 19.3 Å². The van der Waals surface area contributed by atoms with Crippen LogP contribution in [0.5, 0.6) is 0 Å². The molecule has 0 spiro atoms. The van der Waals surface area contributed by atoms with Gasteiger partial charge in [-0.05, 0) is 6.42 Å². The average Bonchev–Trinajstić information content (AvgIpc) is 2.19. The summed E-state index contributed by atoms with van der Waals surface area (Å²) in [5, 5.41) is 0. The lowest BCUT2D eigenvalue weighted by molar-refractivity contribution is 0.0975. The number of ketones is 1. The van der Waals surface area contributed by atoms with Gasteiger partial charge in [0.1, 0.15) is 5.69 Å². The van der Waals surface area contributed by atoms with Crippen molar-refractivity contribution in [2.24, 2.45) is 0 Å². The number of hydrogen-bond acceptors (Lipinski definition) is 3. The lowest BCUT2D eigenvalue weighted by atomic mass is 10.1. The van der Waals surface area contributed by atoms with Gasteiger partial charge in [-0.15, -0.1) is 12.3 Å². The lowest BCUT2D eigenvalue weighted by Crippen LogP contribution is -2.01. The first-order valence-corrected chi connectivity index (χ1v) is 4.07. The van der Waals surface area contributed by atoms with Crippen LogP contribution in [0.4, 0.5) is 0 Å². The maximum absolute atomic E-state index is 11.3. The Morgan fingerprint density at radius 1 is 1.54 bits per heavy atom. The fourth-order valence-corrected chi connectivity index (χ4v) is 0.922. The molecule has 1 aromatic rings. The number of rotatable bonds is 4. The molecule has 0 saturated heterocycles. The van der Waals surface area contributed by atoms with Gasteiger partial charge in [-0.3, -0.25) is 9.78 Å². The molecule has 1 aromatic heterocycles. The van der Waals surface area contributed by atoms with Crippen molar-refractivity contribution in [2.75, 3.05) is 0 Å². The third-order valence-electron chi connectivity index (χ3n) is 1.57. The highest BCUT2D eigenvalue weighted by Crippen LogP contribution is 2.01. The molecule has 1 rings (SSSR count). The standard InChI is InChI=1S/C10H10N2O/c1-2-3-4-5-10(13)9-8-11-6-7-12-9/h1,6-8H,3-5H2. The van der Waals surface area contributed by atoms with E-state index in [4.69, 9.17) is 6.42 Å². The summed E-state index contributed by atoms with van der Waals surface area (Å²) < 4.78 is 0. The van der Waals surface area contributed by atoms with E-state index in [9.17, 15) is 4.79 Å². The summed E-state index contributed by atoms with van der Waals surface area (Å²) in [6, 6.07) is 0. The molecule has 0 aliphatic heterocycles. The van der Waals surface area contributed by atoms with E-state index in [0.717, 1.165) is 0 Å². The molecule has 3 nitrogen and oxygen atoms in total. The zero-order chi connectivity index (χ0) is 9.52. The van der Waals surface area contributed by atoms with Crippen molar-refractivity contribution in [1.29, 1.82) is 0 Å². The van der Waals surface area contributed by atoms with Crippen molar-refractivity contribution in [1.82, 2.24) is 9.97 Å². The summed E-state index contributed by atoms with van der Waals surface area (Å²) in [7, 11) is 0. The van der Waals surface area contributed by atoms with Gasteiger partial charge in [0.2, 0.25) is 0 Å². The Labute approximate surface area is 77.2 Å². The fraction of sp³-hybridized carbons (Fsp3) is 0.300. The summed E-state index contributed by atoms with van der Waals surface area (Å²) in [6.45, 7) is 0. The number of carbonyl (C=O) groups is 1. The predicted octanol–water partition coefficient (Wildman–Crippen LogP) is 1.46. The van der Waals surface area contributed by atoms with Crippen molar-refractivity contribution >= 4 is 5.78 Å². The number of hydrogen-bond donors (Lipinski definition) is 0. The van der Waals surface area contributed by atoms with Gasteiger partial charge in [-0.1, -0.05) is 0 Å². The first kappa shape index (κ1) is 9.40. The molecule has 0 amide bonds. The van der Waals surface area contributed by atoms with Crippen LogP contribution in [0.15, 0.2) is 18.6 Å². The van der Waals surface area contributed by atoms with Crippen LogP contribution < -0.4 is 0 Å². The van der Waals surface area contributed by atoms with Crippen molar-refractivity contribution in [3.8, 4) is 12.3 Å². The highest BCUT2D eigenvalue weighted by molar-refractivity contribution is 5.93. The third kappa shape index (κ3) is 3.04. The zero-order valence-corrected chi connectivity index (χ0v) is 7.23.